The molecular formula is C18H16N4O2. The van der Waals surface area contributed by atoms with Crippen molar-refractivity contribution in [3.63, 3.8) is 0 Å². The Labute approximate surface area is 139 Å². The molecule has 0 saturated carbocycles. The first-order valence-corrected chi connectivity index (χ1v) is 7.37. The van der Waals surface area contributed by atoms with Crippen LogP contribution in [0.25, 0.3) is 5.69 Å². The van der Waals surface area contributed by atoms with Gasteiger partial charge in [0, 0.05) is 11.8 Å². The average molecular weight is 320 g/mol. The van der Waals surface area contributed by atoms with Gasteiger partial charge in [-0.2, -0.15) is 10.2 Å². The van der Waals surface area contributed by atoms with Crippen LogP contribution in [-0.4, -0.2) is 27.1 Å². The van der Waals surface area contributed by atoms with Crippen molar-refractivity contribution in [3.8, 4) is 5.69 Å². The minimum Gasteiger partial charge on any atom is -0.476 e. The van der Waals surface area contributed by atoms with Gasteiger partial charge in [-0.15, -0.1) is 0 Å². The summed E-state index contributed by atoms with van der Waals surface area (Å²) in [6.45, 7) is 1.99. The molecule has 2 aromatic carbocycles. The van der Waals surface area contributed by atoms with Gasteiger partial charge >= 0.3 is 5.97 Å². The third kappa shape index (κ3) is 3.49. The Morgan fingerprint density at radius 2 is 1.88 bits per heavy atom. The van der Waals surface area contributed by atoms with Crippen molar-refractivity contribution in [2.75, 3.05) is 5.43 Å². The average Bonchev–Trinajstić information content (AvgIpc) is 3.01. The highest BCUT2D eigenvalue weighted by Crippen LogP contribution is 2.13. The van der Waals surface area contributed by atoms with Gasteiger partial charge in [0.15, 0.2) is 5.69 Å². The molecule has 0 amide bonds. The number of para-hydroxylation sites is 1. The molecule has 0 aliphatic rings. The van der Waals surface area contributed by atoms with Crippen molar-refractivity contribution in [2.45, 2.75) is 6.92 Å². The first kappa shape index (κ1) is 15.5. The summed E-state index contributed by atoms with van der Waals surface area (Å²) in [4.78, 5) is 11.4. The van der Waals surface area contributed by atoms with Gasteiger partial charge in [0.1, 0.15) is 0 Å². The second-order valence-corrected chi connectivity index (χ2v) is 5.25. The number of carboxylic acid groups (broad SMARTS) is 1. The molecule has 2 N–H and O–H groups in total. The minimum atomic E-state index is -1.10. The van der Waals surface area contributed by atoms with Crippen LogP contribution in [-0.2, 0) is 0 Å². The van der Waals surface area contributed by atoms with E-state index in [1.165, 1.54) is 10.9 Å². The smallest absolute Gasteiger partial charge is 0.357 e. The second kappa shape index (κ2) is 6.78. The molecule has 3 rings (SSSR count). The number of rotatable bonds is 5. The SMILES string of the molecule is Cc1ccc(-n2cc(C=NNc3ccccc3)c(C(=O)O)n2)cc1. The molecule has 0 aliphatic heterocycles. The van der Waals surface area contributed by atoms with Gasteiger partial charge in [0.25, 0.3) is 0 Å². The summed E-state index contributed by atoms with van der Waals surface area (Å²) in [5, 5.41) is 17.5. The number of aromatic nitrogens is 2. The molecule has 0 aliphatic carbocycles. The van der Waals surface area contributed by atoms with E-state index in [-0.39, 0.29) is 5.69 Å². The number of aromatic carboxylic acids is 1. The van der Waals surface area contributed by atoms with Crippen molar-refractivity contribution >= 4 is 17.9 Å². The Balaban J connectivity index is 1.86. The molecule has 0 bridgehead atoms. The van der Waals surface area contributed by atoms with Gasteiger partial charge in [0.2, 0.25) is 0 Å². The van der Waals surface area contributed by atoms with Crippen LogP contribution in [0.1, 0.15) is 21.6 Å². The highest BCUT2D eigenvalue weighted by Gasteiger charge is 2.15. The van der Waals surface area contributed by atoms with Gasteiger partial charge in [0.05, 0.1) is 17.6 Å². The fourth-order valence-electron chi connectivity index (χ4n) is 2.17. The largest absolute Gasteiger partial charge is 0.476 e. The summed E-state index contributed by atoms with van der Waals surface area (Å²) < 4.78 is 1.53. The molecule has 0 spiro atoms. The molecule has 6 heteroatoms. The number of hydrogen-bond acceptors (Lipinski definition) is 4. The van der Waals surface area contributed by atoms with Crippen molar-refractivity contribution in [1.82, 2.24) is 9.78 Å². The fourth-order valence-corrected chi connectivity index (χ4v) is 2.17. The van der Waals surface area contributed by atoms with E-state index in [1.54, 1.807) is 6.20 Å². The zero-order valence-corrected chi connectivity index (χ0v) is 13.0. The molecule has 0 fully saturated rings. The quantitative estimate of drug-likeness (QED) is 0.558. The van der Waals surface area contributed by atoms with Gasteiger partial charge < -0.3 is 5.11 Å². The van der Waals surface area contributed by atoms with E-state index in [0.29, 0.717) is 5.56 Å². The highest BCUT2D eigenvalue weighted by atomic mass is 16.4. The third-order valence-electron chi connectivity index (χ3n) is 3.41. The standard InChI is InChI=1S/C18H16N4O2/c1-13-7-9-16(10-8-13)22-12-14(17(21-22)18(23)24)11-19-20-15-5-3-2-4-6-15/h2-12,20H,1H3,(H,23,24). The van der Waals surface area contributed by atoms with E-state index in [4.69, 9.17) is 0 Å². The van der Waals surface area contributed by atoms with Crippen molar-refractivity contribution in [1.29, 1.82) is 0 Å². The lowest BCUT2D eigenvalue weighted by Crippen LogP contribution is -2.03. The Morgan fingerprint density at radius 1 is 1.17 bits per heavy atom. The summed E-state index contributed by atoms with van der Waals surface area (Å²) in [6, 6.07) is 17.1. The predicted octanol–water partition coefficient (Wildman–Crippen LogP) is 3.32. The lowest BCUT2D eigenvalue weighted by molar-refractivity contribution is 0.0690. The number of aryl methyl sites for hydroxylation is 1. The molecule has 24 heavy (non-hydrogen) atoms. The Morgan fingerprint density at radius 3 is 2.54 bits per heavy atom. The third-order valence-corrected chi connectivity index (χ3v) is 3.41. The summed E-state index contributed by atoms with van der Waals surface area (Å²) in [6.07, 6.45) is 3.10. The molecular weight excluding hydrogens is 304 g/mol. The number of hydrogen-bond donors (Lipinski definition) is 2. The van der Waals surface area contributed by atoms with Crippen molar-refractivity contribution < 1.29 is 9.90 Å². The first-order valence-electron chi connectivity index (χ1n) is 7.37. The summed E-state index contributed by atoms with van der Waals surface area (Å²) in [7, 11) is 0. The number of hydrazone groups is 1. The van der Waals surface area contributed by atoms with E-state index < -0.39 is 5.97 Å². The van der Waals surface area contributed by atoms with Crippen LogP contribution >= 0.6 is 0 Å². The molecule has 0 saturated heterocycles. The summed E-state index contributed by atoms with van der Waals surface area (Å²) in [5.74, 6) is -1.10. The van der Waals surface area contributed by atoms with Gasteiger partial charge in [-0.25, -0.2) is 9.48 Å². The zero-order chi connectivity index (χ0) is 16.9. The number of carboxylic acids is 1. The Bertz CT molecular complexity index is 868. The van der Waals surface area contributed by atoms with Crippen LogP contribution in [0.5, 0.6) is 0 Å². The molecule has 0 radical (unpaired) electrons. The normalized spacial score (nSPS) is 10.9. The molecule has 1 heterocycles. The predicted molar refractivity (Wildman–Crippen MR) is 92.9 cm³/mol. The topological polar surface area (TPSA) is 79.5 Å². The number of carbonyl (C=O) groups is 1. The van der Waals surface area contributed by atoms with E-state index >= 15 is 0 Å². The van der Waals surface area contributed by atoms with Gasteiger partial charge in [-0.1, -0.05) is 35.9 Å². The van der Waals surface area contributed by atoms with E-state index in [0.717, 1.165) is 16.9 Å². The summed E-state index contributed by atoms with van der Waals surface area (Å²) >= 11 is 0. The molecule has 0 atom stereocenters. The maximum Gasteiger partial charge on any atom is 0.357 e. The molecule has 6 nitrogen and oxygen atoms in total. The van der Waals surface area contributed by atoms with Crippen LogP contribution in [0.15, 0.2) is 65.9 Å². The van der Waals surface area contributed by atoms with Crippen LogP contribution in [0.4, 0.5) is 5.69 Å². The zero-order valence-electron chi connectivity index (χ0n) is 13.0. The van der Waals surface area contributed by atoms with Crippen LogP contribution in [0, 0.1) is 6.92 Å². The van der Waals surface area contributed by atoms with Crippen molar-refractivity contribution in [3.05, 3.63) is 77.6 Å². The van der Waals surface area contributed by atoms with Gasteiger partial charge in [-0.3, -0.25) is 5.43 Å². The van der Waals surface area contributed by atoms with Crippen molar-refractivity contribution in [2.24, 2.45) is 5.10 Å². The number of benzene rings is 2. The number of nitrogens with one attached hydrogen (secondary N) is 1. The van der Waals surface area contributed by atoms with E-state index in [1.807, 2.05) is 61.5 Å². The van der Waals surface area contributed by atoms with Gasteiger partial charge in [-0.05, 0) is 31.2 Å². The lowest BCUT2D eigenvalue weighted by Gasteiger charge is -2.00. The maximum absolute atomic E-state index is 11.4. The molecule has 3 aromatic rings. The second-order valence-electron chi connectivity index (χ2n) is 5.25. The number of anilines is 1. The monoisotopic (exact) mass is 320 g/mol. The summed E-state index contributed by atoms with van der Waals surface area (Å²) in [5.41, 5.74) is 5.96. The fraction of sp³-hybridized carbons (Fsp3) is 0.0556. The minimum absolute atomic E-state index is 0.0470. The molecule has 120 valence electrons. The van der Waals surface area contributed by atoms with E-state index in [9.17, 15) is 9.90 Å². The Hall–Kier alpha value is -3.41. The van der Waals surface area contributed by atoms with Crippen LogP contribution in [0.2, 0.25) is 0 Å². The maximum atomic E-state index is 11.4. The lowest BCUT2D eigenvalue weighted by atomic mass is 10.2. The molecule has 1 aromatic heterocycles. The Kier molecular flexibility index (Phi) is 4.38. The first-order chi connectivity index (χ1) is 11.6. The van der Waals surface area contributed by atoms with Crippen LogP contribution < -0.4 is 5.43 Å². The van der Waals surface area contributed by atoms with Crippen LogP contribution in [0.3, 0.4) is 0 Å². The number of nitrogens with zero attached hydrogens (tertiary/aromatic N) is 3. The molecule has 0 unspecified atom stereocenters. The highest BCUT2D eigenvalue weighted by molar-refractivity contribution is 5.96. The van der Waals surface area contributed by atoms with E-state index in [2.05, 4.69) is 15.6 Å².